The van der Waals surface area contributed by atoms with Gasteiger partial charge in [0.15, 0.2) is 5.67 Å². The van der Waals surface area contributed by atoms with Crippen molar-refractivity contribution < 1.29 is 28.4 Å². The summed E-state index contributed by atoms with van der Waals surface area (Å²) in [5.74, 6) is -2.47. The van der Waals surface area contributed by atoms with Crippen LogP contribution in [0.25, 0.3) is 10.9 Å². The summed E-state index contributed by atoms with van der Waals surface area (Å²) in [6, 6.07) is 11.6. The Morgan fingerprint density at radius 1 is 1.20 bits per heavy atom. The molecule has 3 N–H and O–H groups in total. The van der Waals surface area contributed by atoms with Crippen LogP contribution >= 0.6 is 11.6 Å². The Bertz CT molecular complexity index is 1300. The van der Waals surface area contributed by atoms with Gasteiger partial charge < -0.3 is 20.3 Å². The van der Waals surface area contributed by atoms with Gasteiger partial charge in [-0.1, -0.05) is 46.4 Å². The highest BCUT2D eigenvalue weighted by atomic mass is 35.5. The quantitative estimate of drug-likeness (QED) is 0.482. The van der Waals surface area contributed by atoms with Gasteiger partial charge in [-0.2, -0.15) is 5.12 Å². The number of aromatic nitrogens is 1. The predicted octanol–water partition coefficient (Wildman–Crippen LogP) is 2.61. The average Bonchev–Trinajstić information content (AvgIpc) is 3.37. The maximum Gasteiger partial charge on any atom is 0.273 e. The summed E-state index contributed by atoms with van der Waals surface area (Å²) >= 11 is 5.91. The molecular weight excluding hydrogens is 482 g/mol. The molecule has 1 aliphatic rings. The van der Waals surface area contributed by atoms with Gasteiger partial charge >= 0.3 is 0 Å². The summed E-state index contributed by atoms with van der Waals surface area (Å²) in [4.78, 5) is 38.9. The summed E-state index contributed by atoms with van der Waals surface area (Å²) in [6.45, 7) is -2.30. The van der Waals surface area contributed by atoms with Crippen LogP contribution in [0.3, 0.4) is 0 Å². The Labute approximate surface area is 204 Å². The standard InChI is InChI=1S/C24H23ClF2N4O4/c25-16-5-3-4-15(8-16)10-31(27)23(35)20-9-24(26,14-32)13-30(20)21(33)12-29-11-18(22(28)34)17-6-1-2-7-19(17)29/h1-8,11,20,32H,9-10,12-14H2,(H2,28,34)/t20-,24+/m0/s1. The topological polar surface area (TPSA) is 109 Å². The van der Waals surface area contributed by atoms with Crippen molar-refractivity contribution in [3.05, 3.63) is 70.9 Å². The summed E-state index contributed by atoms with van der Waals surface area (Å²) in [5, 5.41) is 10.3. The molecule has 2 atom stereocenters. The molecule has 0 spiro atoms. The van der Waals surface area contributed by atoms with E-state index in [1.807, 2.05) is 0 Å². The maximum atomic E-state index is 15.1. The van der Waals surface area contributed by atoms with Gasteiger partial charge in [0.2, 0.25) is 5.91 Å². The highest BCUT2D eigenvalue weighted by molar-refractivity contribution is 6.30. The molecule has 35 heavy (non-hydrogen) atoms. The molecule has 8 nitrogen and oxygen atoms in total. The Kier molecular flexibility index (Phi) is 6.77. The lowest BCUT2D eigenvalue weighted by molar-refractivity contribution is -0.156. The van der Waals surface area contributed by atoms with Gasteiger partial charge in [0.05, 0.1) is 25.3 Å². The number of likely N-dealkylation sites (tertiary alicyclic amines) is 1. The fraction of sp³-hybridized carbons (Fsp3) is 0.292. The normalized spacial score (nSPS) is 19.8. The third kappa shape index (κ3) is 4.98. The van der Waals surface area contributed by atoms with Crippen molar-refractivity contribution in [2.24, 2.45) is 5.73 Å². The smallest absolute Gasteiger partial charge is 0.273 e. The van der Waals surface area contributed by atoms with Crippen LogP contribution in [0.2, 0.25) is 5.02 Å². The van der Waals surface area contributed by atoms with Crippen molar-refractivity contribution in [3.63, 3.8) is 0 Å². The number of rotatable bonds is 7. The number of fused-ring (bicyclic) bond motifs is 1. The molecule has 3 aromatic rings. The van der Waals surface area contributed by atoms with Crippen molar-refractivity contribution >= 4 is 40.2 Å². The van der Waals surface area contributed by atoms with Crippen molar-refractivity contribution in [2.75, 3.05) is 13.2 Å². The SMILES string of the molecule is NC(=O)c1cn(CC(=O)N2C[C@@](F)(CO)C[C@H]2C(=O)N(F)Cc2cccc(Cl)c2)c2ccccc12. The first-order valence-electron chi connectivity index (χ1n) is 10.8. The summed E-state index contributed by atoms with van der Waals surface area (Å²) < 4.78 is 31.4. The van der Waals surface area contributed by atoms with E-state index in [1.54, 1.807) is 42.5 Å². The predicted molar refractivity (Wildman–Crippen MR) is 125 cm³/mol. The highest BCUT2D eigenvalue weighted by Gasteiger charge is 2.50. The fourth-order valence-corrected chi connectivity index (χ4v) is 4.59. The minimum atomic E-state index is -2.26. The van der Waals surface area contributed by atoms with Crippen LogP contribution in [0.5, 0.6) is 0 Å². The van der Waals surface area contributed by atoms with E-state index in [4.69, 9.17) is 17.3 Å². The lowest BCUT2D eigenvalue weighted by atomic mass is 10.0. The van der Waals surface area contributed by atoms with Crippen molar-refractivity contribution in [2.45, 2.75) is 31.2 Å². The van der Waals surface area contributed by atoms with Gasteiger partial charge in [-0.15, -0.1) is 0 Å². The van der Waals surface area contributed by atoms with E-state index in [0.29, 0.717) is 21.5 Å². The van der Waals surface area contributed by atoms with Gasteiger partial charge in [-0.25, -0.2) is 4.39 Å². The Hall–Kier alpha value is -3.50. The number of aliphatic hydroxyl groups is 1. The fourth-order valence-electron chi connectivity index (χ4n) is 4.38. The lowest BCUT2D eigenvalue weighted by Gasteiger charge is -2.26. The number of hydrogen-bond donors (Lipinski definition) is 2. The average molecular weight is 505 g/mol. The summed E-state index contributed by atoms with van der Waals surface area (Å²) in [6.07, 6.45) is 0.857. The van der Waals surface area contributed by atoms with E-state index >= 15 is 4.39 Å². The van der Waals surface area contributed by atoms with E-state index < -0.39 is 55.5 Å². The number of halogens is 3. The molecule has 2 heterocycles. The summed E-state index contributed by atoms with van der Waals surface area (Å²) in [5.41, 5.74) is 4.34. The third-order valence-electron chi connectivity index (χ3n) is 6.09. The maximum absolute atomic E-state index is 15.1. The number of carbonyl (C=O) groups is 3. The molecule has 0 aliphatic carbocycles. The molecule has 0 radical (unpaired) electrons. The van der Waals surface area contributed by atoms with Crippen LogP contribution in [0.15, 0.2) is 54.7 Å². The number of aliphatic hydroxyl groups excluding tert-OH is 1. The van der Waals surface area contributed by atoms with Gasteiger partial charge in [0.1, 0.15) is 12.6 Å². The van der Waals surface area contributed by atoms with Gasteiger partial charge in [-0.3, -0.25) is 14.4 Å². The van der Waals surface area contributed by atoms with Crippen LogP contribution < -0.4 is 5.73 Å². The minimum Gasteiger partial charge on any atom is -0.393 e. The van der Waals surface area contributed by atoms with E-state index in [9.17, 15) is 24.0 Å². The first-order chi connectivity index (χ1) is 16.6. The van der Waals surface area contributed by atoms with Crippen molar-refractivity contribution in [3.8, 4) is 0 Å². The van der Waals surface area contributed by atoms with Crippen LogP contribution in [0.4, 0.5) is 8.87 Å². The molecule has 11 heteroatoms. The zero-order chi connectivity index (χ0) is 25.3. The number of primary amides is 1. The van der Waals surface area contributed by atoms with Crippen LogP contribution in [-0.2, 0) is 22.7 Å². The minimum absolute atomic E-state index is 0.0873. The second-order valence-corrected chi connectivity index (χ2v) is 9.03. The number of amides is 3. The van der Waals surface area contributed by atoms with Gasteiger partial charge in [0.25, 0.3) is 11.8 Å². The van der Waals surface area contributed by atoms with Crippen molar-refractivity contribution in [1.82, 2.24) is 14.6 Å². The van der Waals surface area contributed by atoms with Crippen molar-refractivity contribution in [1.29, 1.82) is 0 Å². The number of nitrogens with zero attached hydrogens (tertiary/aromatic N) is 3. The molecule has 4 rings (SSSR count). The van der Waals surface area contributed by atoms with Crippen LogP contribution in [-0.4, -0.2) is 62.3 Å². The van der Waals surface area contributed by atoms with E-state index in [-0.39, 0.29) is 17.2 Å². The van der Waals surface area contributed by atoms with E-state index in [1.165, 1.54) is 16.8 Å². The van der Waals surface area contributed by atoms with E-state index in [2.05, 4.69) is 0 Å². The first kappa shape index (κ1) is 24.6. The molecule has 1 saturated heterocycles. The van der Waals surface area contributed by atoms with E-state index in [0.717, 1.165) is 4.90 Å². The number of benzene rings is 2. The first-order valence-corrected chi connectivity index (χ1v) is 11.2. The molecule has 0 bridgehead atoms. The van der Waals surface area contributed by atoms with Crippen LogP contribution in [0.1, 0.15) is 22.3 Å². The monoisotopic (exact) mass is 504 g/mol. The molecular formula is C24H23ClF2N4O4. The highest BCUT2D eigenvalue weighted by Crippen LogP contribution is 2.33. The molecule has 0 unspecified atom stereocenters. The number of para-hydroxylation sites is 1. The molecule has 3 amide bonds. The second kappa shape index (κ2) is 9.63. The second-order valence-electron chi connectivity index (χ2n) is 8.59. The molecule has 184 valence electrons. The van der Waals surface area contributed by atoms with Gasteiger partial charge in [-0.05, 0) is 23.8 Å². The number of carbonyl (C=O) groups excluding carboxylic acids is 3. The largest absolute Gasteiger partial charge is 0.393 e. The molecule has 1 fully saturated rings. The molecule has 2 aromatic carbocycles. The molecule has 1 aliphatic heterocycles. The zero-order valence-corrected chi connectivity index (χ0v) is 19.3. The lowest BCUT2D eigenvalue weighted by Crippen LogP contribution is -2.46. The molecule has 1 aromatic heterocycles. The zero-order valence-electron chi connectivity index (χ0n) is 18.5. The Morgan fingerprint density at radius 3 is 2.63 bits per heavy atom. The van der Waals surface area contributed by atoms with Gasteiger partial charge in [0, 0.05) is 28.5 Å². The molecule has 0 saturated carbocycles. The van der Waals surface area contributed by atoms with Crippen LogP contribution in [0, 0.1) is 0 Å². The number of hydrogen-bond acceptors (Lipinski definition) is 4. The Balaban J connectivity index is 1.58. The number of alkyl halides is 1. The summed E-state index contributed by atoms with van der Waals surface area (Å²) in [7, 11) is 0. The number of nitrogens with two attached hydrogens (primary N) is 1. The third-order valence-corrected chi connectivity index (χ3v) is 6.32. The Morgan fingerprint density at radius 2 is 1.94 bits per heavy atom.